The van der Waals surface area contributed by atoms with E-state index >= 15 is 0 Å². The van der Waals surface area contributed by atoms with E-state index in [0.29, 0.717) is 6.42 Å². The quantitative estimate of drug-likeness (QED) is 0.697. The fraction of sp³-hybridized carbons (Fsp3) is 0.364. The largest absolute Gasteiger partial charge is 0.493 e. The number of aromatic amines is 1. The highest BCUT2D eigenvalue weighted by Crippen LogP contribution is 2.27. The van der Waals surface area contributed by atoms with Crippen molar-refractivity contribution in [2.24, 2.45) is 5.92 Å². The number of benzene rings is 2. The van der Waals surface area contributed by atoms with Crippen LogP contribution < -0.4 is 10.1 Å². The second-order valence-corrected chi connectivity index (χ2v) is 7.29. The summed E-state index contributed by atoms with van der Waals surface area (Å²) < 4.78 is 5.61. The molecule has 1 aliphatic heterocycles. The Hall–Kier alpha value is -2.82. The van der Waals surface area contributed by atoms with Gasteiger partial charge in [-0.05, 0) is 35.2 Å². The smallest absolute Gasteiger partial charge is 0.225 e. The van der Waals surface area contributed by atoms with Gasteiger partial charge in [0.05, 0.1) is 30.1 Å². The van der Waals surface area contributed by atoms with Crippen LogP contribution in [0.3, 0.4) is 0 Å². The van der Waals surface area contributed by atoms with Crippen LogP contribution >= 0.6 is 0 Å². The third kappa shape index (κ3) is 3.68. The van der Waals surface area contributed by atoms with Crippen molar-refractivity contribution in [2.75, 3.05) is 6.61 Å². The van der Waals surface area contributed by atoms with E-state index < -0.39 is 0 Å². The molecule has 0 fully saturated rings. The number of carbonyl (C=O) groups excluding carboxylic acids is 1. The zero-order valence-corrected chi connectivity index (χ0v) is 15.8. The Kier molecular flexibility index (Phi) is 4.84. The SMILES string of the molecule is CC[C@@H](C)[C@H](NC(=O)Cc1ccc2c(c1)OCC2)c1nc2ccccc2[nH]1. The van der Waals surface area contributed by atoms with Crippen molar-refractivity contribution in [2.45, 2.75) is 39.2 Å². The number of amides is 1. The molecule has 1 aromatic heterocycles. The molecule has 0 spiro atoms. The topological polar surface area (TPSA) is 67.0 Å². The van der Waals surface area contributed by atoms with Gasteiger partial charge in [-0.15, -0.1) is 0 Å². The number of nitrogens with one attached hydrogen (secondary N) is 2. The highest BCUT2D eigenvalue weighted by atomic mass is 16.5. The number of H-pyrrole nitrogens is 1. The molecule has 0 bridgehead atoms. The summed E-state index contributed by atoms with van der Waals surface area (Å²) in [5.74, 6) is 2.00. The van der Waals surface area contributed by atoms with E-state index in [-0.39, 0.29) is 17.9 Å². The molecule has 2 aromatic carbocycles. The number of aromatic nitrogens is 2. The number of rotatable bonds is 6. The van der Waals surface area contributed by atoms with Crippen LogP contribution in [0.15, 0.2) is 42.5 Å². The van der Waals surface area contributed by atoms with Crippen molar-refractivity contribution in [3.8, 4) is 5.75 Å². The lowest BCUT2D eigenvalue weighted by atomic mass is 9.98. The molecule has 0 unspecified atom stereocenters. The van der Waals surface area contributed by atoms with Crippen LogP contribution in [-0.2, 0) is 17.6 Å². The van der Waals surface area contributed by atoms with Gasteiger partial charge in [0, 0.05) is 6.42 Å². The maximum Gasteiger partial charge on any atom is 0.225 e. The lowest BCUT2D eigenvalue weighted by Gasteiger charge is -2.22. The van der Waals surface area contributed by atoms with Gasteiger partial charge in [0.1, 0.15) is 11.6 Å². The Balaban J connectivity index is 1.52. The zero-order valence-electron chi connectivity index (χ0n) is 15.8. The minimum atomic E-state index is -0.138. The van der Waals surface area contributed by atoms with Gasteiger partial charge >= 0.3 is 0 Å². The number of fused-ring (bicyclic) bond motifs is 2. The number of hydrogen-bond donors (Lipinski definition) is 2. The third-order valence-corrected chi connectivity index (χ3v) is 5.36. The Morgan fingerprint density at radius 2 is 2.15 bits per heavy atom. The molecule has 0 saturated heterocycles. The molecular formula is C22H25N3O2. The summed E-state index contributed by atoms with van der Waals surface area (Å²) >= 11 is 0. The molecule has 0 saturated carbocycles. The molecule has 4 rings (SSSR count). The highest BCUT2D eigenvalue weighted by molar-refractivity contribution is 5.79. The highest BCUT2D eigenvalue weighted by Gasteiger charge is 2.24. The Morgan fingerprint density at radius 1 is 1.30 bits per heavy atom. The number of carbonyl (C=O) groups is 1. The summed E-state index contributed by atoms with van der Waals surface area (Å²) in [5.41, 5.74) is 4.11. The van der Waals surface area contributed by atoms with Crippen LogP contribution in [0, 0.1) is 5.92 Å². The van der Waals surface area contributed by atoms with Gasteiger partial charge in [0.2, 0.25) is 5.91 Å². The van der Waals surface area contributed by atoms with Crippen LogP contribution in [0.25, 0.3) is 11.0 Å². The monoisotopic (exact) mass is 363 g/mol. The maximum absolute atomic E-state index is 12.7. The molecule has 0 radical (unpaired) electrons. The molecular weight excluding hydrogens is 338 g/mol. The number of nitrogens with zero attached hydrogens (tertiary/aromatic N) is 1. The van der Waals surface area contributed by atoms with E-state index in [4.69, 9.17) is 9.72 Å². The summed E-state index contributed by atoms with van der Waals surface area (Å²) in [6, 6.07) is 13.9. The Bertz CT molecular complexity index is 930. The Labute approximate surface area is 159 Å². The second-order valence-electron chi connectivity index (χ2n) is 7.29. The number of para-hydroxylation sites is 2. The van der Waals surface area contributed by atoms with Crippen LogP contribution in [-0.4, -0.2) is 22.5 Å². The van der Waals surface area contributed by atoms with Crippen LogP contribution in [0.4, 0.5) is 0 Å². The average Bonchev–Trinajstić information content (AvgIpc) is 3.31. The van der Waals surface area contributed by atoms with E-state index in [1.165, 1.54) is 5.56 Å². The molecule has 5 heteroatoms. The van der Waals surface area contributed by atoms with Gasteiger partial charge < -0.3 is 15.0 Å². The fourth-order valence-corrected chi connectivity index (χ4v) is 3.57. The van der Waals surface area contributed by atoms with Crippen molar-refractivity contribution in [3.63, 3.8) is 0 Å². The van der Waals surface area contributed by atoms with Gasteiger partial charge in [-0.1, -0.05) is 44.5 Å². The summed E-state index contributed by atoms with van der Waals surface area (Å²) in [7, 11) is 0. The molecule has 1 aliphatic rings. The van der Waals surface area contributed by atoms with Gasteiger partial charge in [0.15, 0.2) is 0 Å². The first kappa shape index (κ1) is 17.6. The normalized spacial score (nSPS) is 15.2. The van der Waals surface area contributed by atoms with Crippen molar-refractivity contribution in [3.05, 3.63) is 59.4 Å². The van der Waals surface area contributed by atoms with Crippen LogP contribution in [0.1, 0.15) is 43.3 Å². The van der Waals surface area contributed by atoms with Crippen molar-refractivity contribution in [1.82, 2.24) is 15.3 Å². The molecule has 0 aliphatic carbocycles. The van der Waals surface area contributed by atoms with Gasteiger partial charge in [-0.25, -0.2) is 4.98 Å². The molecule has 2 N–H and O–H groups in total. The maximum atomic E-state index is 12.7. The minimum Gasteiger partial charge on any atom is -0.493 e. The molecule has 2 heterocycles. The van der Waals surface area contributed by atoms with Crippen molar-refractivity contribution < 1.29 is 9.53 Å². The van der Waals surface area contributed by atoms with Crippen molar-refractivity contribution in [1.29, 1.82) is 0 Å². The van der Waals surface area contributed by atoms with Gasteiger partial charge in [0.25, 0.3) is 0 Å². The van der Waals surface area contributed by atoms with Crippen LogP contribution in [0.2, 0.25) is 0 Å². The number of imidazole rings is 1. The van der Waals surface area contributed by atoms with E-state index in [1.807, 2.05) is 36.4 Å². The summed E-state index contributed by atoms with van der Waals surface area (Å²) in [6.07, 6.45) is 2.24. The lowest BCUT2D eigenvalue weighted by Crippen LogP contribution is -2.34. The van der Waals surface area contributed by atoms with E-state index in [9.17, 15) is 4.79 Å². The van der Waals surface area contributed by atoms with Gasteiger partial charge in [-0.2, -0.15) is 0 Å². The molecule has 3 aromatic rings. The summed E-state index contributed by atoms with van der Waals surface area (Å²) in [6.45, 7) is 5.00. The lowest BCUT2D eigenvalue weighted by molar-refractivity contribution is -0.121. The van der Waals surface area contributed by atoms with Crippen LogP contribution in [0.5, 0.6) is 5.75 Å². The summed E-state index contributed by atoms with van der Waals surface area (Å²) in [5, 5.41) is 3.19. The molecule has 140 valence electrons. The molecule has 27 heavy (non-hydrogen) atoms. The van der Waals surface area contributed by atoms with Crippen molar-refractivity contribution >= 4 is 16.9 Å². The molecule has 2 atom stereocenters. The standard InChI is InChI=1S/C22H25N3O2/c1-3-14(2)21(22-23-17-6-4-5-7-18(17)24-22)25-20(26)13-15-8-9-16-10-11-27-19(16)12-15/h4-9,12,14,21H,3,10-11,13H2,1-2H3,(H,23,24)(H,25,26)/t14-,21+/m1/s1. The molecule has 5 nitrogen and oxygen atoms in total. The third-order valence-electron chi connectivity index (χ3n) is 5.36. The average molecular weight is 363 g/mol. The van der Waals surface area contributed by atoms with E-state index in [0.717, 1.165) is 47.6 Å². The van der Waals surface area contributed by atoms with E-state index in [1.54, 1.807) is 0 Å². The molecule has 1 amide bonds. The first-order valence-electron chi connectivity index (χ1n) is 9.62. The zero-order chi connectivity index (χ0) is 18.8. The minimum absolute atomic E-state index is 0.00120. The predicted octanol–water partition coefficient (Wildman–Crippen LogP) is 3.94. The Morgan fingerprint density at radius 3 is 2.96 bits per heavy atom. The number of ether oxygens (including phenoxy) is 1. The summed E-state index contributed by atoms with van der Waals surface area (Å²) in [4.78, 5) is 20.8. The number of hydrogen-bond acceptors (Lipinski definition) is 3. The fourth-order valence-electron chi connectivity index (χ4n) is 3.57. The van der Waals surface area contributed by atoms with E-state index in [2.05, 4.69) is 30.2 Å². The second kappa shape index (κ2) is 7.43. The first-order chi connectivity index (χ1) is 13.1. The first-order valence-corrected chi connectivity index (χ1v) is 9.62. The van der Waals surface area contributed by atoms with Gasteiger partial charge in [-0.3, -0.25) is 4.79 Å². The predicted molar refractivity (Wildman–Crippen MR) is 106 cm³/mol.